The summed E-state index contributed by atoms with van der Waals surface area (Å²) in [6.07, 6.45) is 2.43. The molecule has 1 rings (SSSR count). The summed E-state index contributed by atoms with van der Waals surface area (Å²) in [7, 11) is 0. The Balaban J connectivity index is 2.64. The van der Waals surface area contributed by atoms with Crippen molar-refractivity contribution < 1.29 is 9.90 Å². The van der Waals surface area contributed by atoms with Crippen molar-refractivity contribution in [3.8, 4) is 0 Å². The molecule has 0 aromatic carbocycles. The van der Waals surface area contributed by atoms with Crippen LogP contribution in [0.3, 0.4) is 0 Å². The van der Waals surface area contributed by atoms with Crippen molar-refractivity contribution in [1.29, 1.82) is 0 Å². The van der Waals surface area contributed by atoms with E-state index in [1.165, 1.54) is 12.3 Å². The molecule has 3 nitrogen and oxygen atoms in total. The quantitative estimate of drug-likeness (QED) is 0.822. The number of pyridine rings is 1. The average molecular weight is 260 g/mol. The molecule has 0 saturated heterocycles. The van der Waals surface area contributed by atoms with Gasteiger partial charge in [0.15, 0.2) is 0 Å². The van der Waals surface area contributed by atoms with Gasteiger partial charge < -0.3 is 5.11 Å². The van der Waals surface area contributed by atoms with E-state index in [0.29, 0.717) is 16.0 Å². The van der Waals surface area contributed by atoms with Crippen molar-refractivity contribution in [2.45, 2.75) is 25.3 Å². The lowest BCUT2D eigenvalue weighted by Crippen LogP contribution is -1.98. The monoisotopic (exact) mass is 259 g/mol. The van der Waals surface area contributed by atoms with Crippen molar-refractivity contribution in [2.24, 2.45) is 5.92 Å². The molecule has 0 aliphatic heterocycles. The minimum absolute atomic E-state index is 0.123. The first-order valence-corrected chi connectivity index (χ1v) is 6.38. The highest BCUT2D eigenvalue weighted by Gasteiger charge is 2.08. The highest BCUT2D eigenvalue weighted by atomic mass is 35.5. The number of carboxylic acid groups (broad SMARTS) is 1. The second kappa shape index (κ2) is 6.11. The standard InChI is InChI=1S/C11H14ClNO2S/c1-7(2)3-4-16-10-9(12)5-8(6-13-10)11(14)15/h5-7H,3-4H2,1-2H3,(H,14,15). The zero-order valence-electron chi connectivity index (χ0n) is 9.24. The summed E-state index contributed by atoms with van der Waals surface area (Å²) in [5, 5.41) is 9.86. The summed E-state index contributed by atoms with van der Waals surface area (Å²) in [5.41, 5.74) is 0.123. The summed E-state index contributed by atoms with van der Waals surface area (Å²) >= 11 is 7.50. The normalized spacial score (nSPS) is 10.8. The van der Waals surface area contributed by atoms with Gasteiger partial charge in [-0.1, -0.05) is 25.4 Å². The predicted molar refractivity (Wildman–Crippen MR) is 66.4 cm³/mol. The largest absolute Gasteiger partial charge is 0.478 e. The number of carbonyl (C=O) groups is 1. The van der Waals surface area contributed by atoms with Gasteiger partial charge >= 0.3 is 5.97 Å². The van der Waals surface area contributed by atoms with Crippen LogP contribution in [0.5, 0.6) is 0 Å². The molecule has 0 fully saturated rings. The Morgan fingerprint density at radius 2 is 2.31 bits per heavy atom. The van der Waals surface area contributed by atoms with E-state index in [4.69, 9.17) is 16.7 Å². The maximum absolute atomic E-state index is 10.7. The fourth-order valence-corrected chi connectivity index (χ4v) is 2.48. The fraction of sp³-hybridized carbons (Fsp3) is 0.455. The number of hydrogen-bond donors (Lipinski definition) is 1. The molecule has 0 amide bonds. The highest BCUT2D eigenvalue weighted by molar-refractivity contribution is 7.99. The number of rotatable bonds is 5. The van der Waals surface area contributed by atoms with E-state index in [2.05, 4.69) is 18.8 Å². The molecule has 1 N–H and O–H groups in total. The van der Waals surface area contributed by atoms with Crippen LogP contribution in [0.15, 0.2) is 17.3 Å². The maximum atomic E-state index is 10.7. The first kappa shape index (κ1) is 13.3. The smallest absolute Gasteiger partial charge is 0.337 e. The Bertz CT molecular complexity index is 382. The Morgan fingerprint density at radius 3 is 2.81 bits per heavy atom. The van der Waals surface area contributed by atoms with Gasteiger partial charge in [-0.15, -0.1) is 11.8 Å². The number of carboxylic acids is 1. The van der Waals surface area contributed by atoms with Crippen molar-refractivity contribution in [1.82, 2.24) is 4.98 Å². The third kappa shape index (κ3) is 4.02. The molecule has 0 unspecified atom stereocenters. The molecule has 88 valence electrons. The van der Waals surface area contributed by atoms with Crippen LogP contribution in [-0.4, -0.2) is 21.8 Å². The minimum atomic E-state index is -1.01. The van der Waals surface area contributed by atoms with E-state index in [1.54, 1.807) is 11.8 Å². The molecule has 5 heteroatoms. The van der Waals surface area contributed by atoms with E-state index in [-0.39, 0.29) is 5.56 Å². The molecule has 0 aliphatic carbocycles. The van der Waals surface area contributed by atoms with Gasteiger partial charge in [-0.05, 0) is 24.2 Å². The van der Waals surface area contributed by atoms with Gasteiger partial charge in [0.25, 0.3) is 0 Å². The molecule has 0 saturated carbocycles. The summed E-state index contributed by atoms with van der Waals surface area (Å²) in [6.45, 7) is 4.31. The molecular formula is C11H14ClNO2S. The highest BCUT2D eigenvalue weighted by Crippen LogP contribution is 2.26. The van der Waals surface area contributed by atoms with Crippen molar-refractivity contribution in [3.05, 3.63) is 22.8 Å². The number of aromatic nitrogens is 1. The SMILES string of the molecule is CC(C)CCSc1ncc(C(=O)O)cc1Cl. The molecule has 1 aromatic rings. The second-order valence-corrected chi connectivity index (χ2v) is 5.34. The molecule has 16 heavy (non-hydrogen) atoms. The summed E-state index contributed by atoms with van der Waals surface area (Å²) in [6, 6.07) is 1.44. The summed E-state index contributed by atoms with van der Waals surface area (Å²) < 4.78 is 0. The Morgan fingerprint density at radius 1 is 1.62 bits per heavy atom. The lowest BCUT2D eigenvalue weighted by molar-refractivity contribution is 0.0696. The molecule has 0 atom stereocenters. The number of halogens is 1. The van der Waals surface area contributed by atoms with Gasteiger partial charge in [0.05, 0.1) is 10.6 Å². The van der Waals surface area contributed by atoms with E-state index in [9.17, 15) is 4.79 Å². The number of aromatic carboxylic acids is 1. The zero-order valence-corrected chi connectivity index (χ0v) is 10.8. The summed E-state index contributed by atoms with van der Waals surface area (Å²) in [4.78, 5) is 14.7. The molecule has 1 aromatic heterocycles. The lowest BCUT2D eigenvalue weighted by Gasteiger charge is -2.05. The lowest BCUT2D eigenvalue weighted by atomic mass is 10.2. The topological polar surface area (TPSA) is 50.2 Å². The van der Waals surface area contributed by atoms with Crippen molar-refractivity contribution >= 4 is 29.3 Å². The first-order chi connectivity index (χ1) is 7.50. The van der Waals surface area contributed by atoms with Crippen LogP contribution in [0.25, 0.3) is 0 Å². The maximum Gasteiger partial charge on any atom is 0.337 e. The Labute approximate surface area is 104 Å². The van der Waals surface area contributed by atoms with Crippen LogP contribution in [0.2, 0.25) is 5.02 Å². The molecule has 1 heterocycles. The third-order valence-electron chi connectivity index (χ3n) is 1.99. The Hall–Kier alpha value is -0.740. The average Bonchev–Trinajstić information content (AvgIpc) is 2.19. The zero-order chi connectivity index (χ0) is 12.1. The second-order valence-electron chi connectivity index (χ2n) is 3.85. The molecule has 0 bridgehead atoms. The van der Waals surface area contributed by atoms with Crippen LogP contribution in [0.4, 0.5) is 0 Å². The number of nitrogens with zero attached hydrogens (tertiary/aromatic N) is 1. The fourth-order valence-electron chi connectivity index (χ4n) is 1.04. The number of hydrogen-bond acceptors (Lipinski definition) is 3. The van der Waals surface area contributed by atoms with Crippen molar-refractivity contribution in [2.75, 3.05) is 5.75 Å². The Kier molecular flexibility index (Phi) is 5.09. The van der Waals surface area contributed by atoms with Gasteiger partial charge in [0.2, 0.25) is 0 Å². The van der Waals surface area contributed by atoms with Crippen LogP contribution in [0.1, 0.15) is 30.6 Å². The van der Waals surface area contributed by atoms with Gasteiger partial charge in [-0.2, -0.15) is 0 Å². The third-order valence-corrected chi connectivity index (χ3v) is 3.43. The van der Waals surface area contributed by atoms with Crippen LogP contribution < -0.4 is 0 Å². The number of thioether (sulfide) groups is 1. The van der Waals surface area contributed by atoms with Gasteiger partial charge in [0, 0.05) is 6.20 Å². The summed E-state index contributed by atoms with van der Waals surface area (Å²) in [5.74, 6) is 0.578. The van der Waals surface area contributed by atoms with Gasteiger partial charge in [-0.25, -0.2) is 9.78 Å². The van der Waals surface area contributed by atoms with E-state index in [1.807, 2.05) is 0 Å². The van der Waals surface area contributed by atoms with E-state index < -0.39 is 5.97 Å². The predicted octanol–water partition coefficient (Wildman–Crippen LogP) is 3.57. The molecular weight excluding hydrogens is 246 g/mol. The van der Waals surface area contributed by atoms with E-state index >= 15 is 0 Å². The molecule has 0 radical (unpaired) electrons. The van der Waals surface area contributed by atoms with E-state index in [0.717, 1.165) is 12.2 Å². The molecule has 0 aliphatic rings. The minimum Gasteiger partial charge on any atom is -0.478 e. The van der Waals surface area contributed by atoms with Crippen LogP contribution in [0, 0.1) is 5.92 Å². The van der Waals surface area contributed by atoms with Crippen LogP contribution in [-0.2, 0) is 0 Å². The van der Waals surface area contributed by atoms with Crippen molar-refractivity contribution in [3.63, 3.8) is 0 Å². The van der Waals surface area contributed by atoms with Gasteiger partial charge in [-0.3, -0.25) is 0 Å². The molecule has 0 spiro atoms. The van der Waals surface area contributed by atoms with Crippen LogP contribution >= 0.6 is 23.4 Å². The first-order valence-electron chi connectivity index (χ1n) is 5.02. The van der Waals surface area contributed by atoms with Gasteiger partial charge in [0.1, 0.15) is 5.03 Å².